The second kappa shape index (κ2) is 11.2. The second-order valence-corrected chi connectivity index (χ2v) is 7.87. The molecule has 0 aliphatic heterocycles. The number of phenolic OH excluding ortho intramolecular Hbond substituents is 1. The molecular weight excluding hydrogens is 468 g/mol. The summed E-state index contributed by atoms with van der Waals surface area (Å²) in [5, 5.41) is 21.7. The molecule has 0 aliphatic carbocycles. The zero-order valence-corrected chi connectivity index (χ0v) is 19.6. The molecule has 0 bridgehead atoms. The van der Waals surface area contributed by atoms with Crippen molar-refractivity contribution >= 4 is 23.7 Å². The van der Waals surface area contributed by atoms with Gasteiger partial charge >= 0.3 is 0 Å². The standard InChI is InChI=1S/C26H23ClN4O4/c1-2-34-24-5-3-4-19(25(24)32)15-28-31-26(33)23-14-22(29-30-23)18-8-12-21(13-9-18)35-16-17-6-10-20(27)11-7-17/h3-15,32H,2,16H2,1H3,(H,29,30)(H,31,33)/b28-15+. The van der Waals surface area contributed by atoms with Crippen LogP contribution in [0.5, 0.6) is 17.2 Å². The fourth-order valence-electron chi connectivity index (χ4n) is 3.19. The fraction of sp³-hybridized carbons (Fsp3) is 0.115. The van der Waals surface area contributed by atoms with Crippen LogP contribution in [0.2, 0.25) is 5.02 Å². The van der Waals surface area contributed by atoms with Gasteiger partial charge in [-0.05, 0) is 67.1 Å². The first-order chi connectivity index (χ1) is 17.0. The number of H-pyrrole nitrogens is 1. The fourth-order valence-corrected chi connectivity index (χ4v) is 3.32. The molecular formula is C26H23ClN4O4. The molecule has 1 aromatic heterocycles. The van der Waals surface area contributed by atoms with E-state index in [1.807, 2.05) is 55.5 Å². The van der Waals surface area contributed by atoms with Crippen LogP contribution < -0.4 is 14.9 Å². The van der Waals surface area contributed by atoms with Gasteiger partial charge in [0, 0.05) is 16.1 Å². The summed E-state index contributed by atoms with van der Waals surface area (Å²) in [6.45, 7) is 2.67. The van der Waals surface area contributed by atoms with Gasteiger partial charge in [-0.25, -0.2) is 5.43 Å². The number of aromatic nitrogens is 2. The Morgan fingerprint density at radius 3 is 2.63 bits per heavy atom. The molecule has 1 heterocycles. The normalized spacial score (nSPS) is 10.9. The molecule has 0 aliphatic rings. The minimum atomic E-state index is -0.469. The molecule has 3 aromatic carbocycles. The average molecular weight is 491 g/mol. The van der Waals surface area contributed by atoms with Crippen LogP contribution in [0, 0.1) is 0 Å². The highest BCUT2D eigenvalue weighted by Crippen LogP contribution is 2.28. The van der Waals surface area contributed by atoms with Crippen LogP contribution in [0.4, 0.5) is 0 Å². The smallest absolute Gasteiger partial charge is 0.289 e. The lowest BCUT2D eigenvalue weighted by Crippen LogP contribution is -2.18. The van der Waals surface area contributed by atoms with Crippen molar-refractivity contribution < 1.29 is 19.4 Å². The van der Waals surface area contributed by atoms with Gasteiger partial charge in [0.2, 0.25) is 0 Å². The number of aromatic amines is 1. The molecule has 4 rings (SSSR count). The molecule has 1 amide bonds. The number of benzene rings is 3. The summed E-state index contributed by atoms with van der Waals surface area (Å²) >= 11 is 5.90. The quantitative estimate of drug-likeness (QED) is 0.221. The summed E-state index contributed by atoms with van der Waals surface area (Å²) in [6, 6.07) is 21.5. The van der Waals surface area contributed by atoms with Crippen LogP contribution in [-0.2, 0) is 6.61 Å². The molecule has 0 atom stereocenters. The summed E-state index contributed by atoms with van der Waals surface area (Å²) in [6.07, 6.45) is 1.34. The van der Waals surface area contributed by atoms with E-state index in [0.717, 1.165) is 11.1 Å². The van der Waals surface area contributed by atoms with E-state index >= 15 is 0 Å². The molecule has 8 nitrogen and oxygen atoms in total. The Bertz CT molecular complexity index is 1320. The third-order valence-electron chi connectivity index (χ3n) is 4.99. The highest BCUT2D eigenvalue weighted by atomic mass is 35.5. The Labute approximate surface area is 207 Å². The van der Waals surface area contributed by atoms with Gasteiger partial charge in [-0.1, -0.05) is 29.8 Å². The summed E-state index contributed by atoms with van der Waals surface area (Å²) in [7, 11) is 0. The van der Waals surface area contributed by atoms with Gasteiger partial charge in [0.1, 0.15) is 18.1 Å². The van der Waals surface area contributed by atoms with Crippen LogP contribution in [-0.4, -0.2) is 34.0 Å². The number of hydrogen-bond donors (Lipinski definition) is 3. The van der Waals surface area contributed by atoms with Gasteiger partial charge in [-0.3, -0.25) is 9.89 Å². The van der Waals surface area contributed by atoms with Crippen molar-refractivity contribution in [2.24, 2.45) is 5.10 Å². The van der Waals surface area contributed by atoms with Crippen molar-refractivity contribution in [1.82, 2.24) is 15.6 Å². The number of nitrogens with zero attached hydrogens (tertiary/aromatic N) is 2. The number of hydrogen-bond acceptors (Lipinski definition) is 6. The predicted octanol–water partition coefficient (Wildman–Crippen LogP) is 5.18. The molecule has 0 saturated heterocycles. The van der Waals surface area contributed by atoms with Crippen LogP contribution in [0.15, 0.2) is 77.9 Å². The number of carbonyl (C=O) groups is 1. The minimum Gasteiger partial charge on any atom is -0.504 e. The molecule has 0 unspecified atom stereocenters. The number of nitrogens with one attached hydrogen (secondary N) is 2. The van der Waals surface area contributed by atoms with Gasteiger partial charge in [-0.2, -0.15) is 10.2 Å². The molecule has 0 fully saturated rings. The molecule has 0 saturated carbocycles. The number of aromatic hydroxyl groups is 1. The SMILES string of the molecule is CCOc1cccc(/C=N/NC(=O)c2cc(-c3ccc(OCc4ccc(Cl)cc4)cc3)n[nH]2)c1O. The Morgan fingerprint density at radius 1 is 1.11 bits per heavy atom. The van der Waals surface area contributed by atoms with E-state index in [-0.39, 0.29) is 11.4 Å². The Hall–Kier alpha value is -4.30. The summed E-state index contributed by atoms with van der Waals surface area (Å²) in [5.74, 6) is 0.547. The molecule has 4 aromatic rings. The summed E-state index contributed by atoms with van der Waals surface area (Å²) < 4.78 is 11.1. The largest absolute Gasteiger partial charge is 0.504 e. The second-order valence-electron chi connectivity index (χ2n) is 7.43. The minimum absolute atomic E-state index is 0.0447. The third kappa shape index (κ3) is 6.18. The maximum absolute atomic E-state index is 12.4. The highest BCUT2D eigenvalue weighted by molar-refractivity contribution is 6.30. The Morgan fingerprint density at radius 2 is 1.89 bits per heavy atom. The highest BCUT2D eigenvalue weighted by Gasteiger charge is 2.11. The van der Waals surface area contributed by atoms with Crippen LogP contribution in [0.1, 0.15) is 28.5 Å². The first-order valence-corrected chi connectivity index (χ1v) is 11.2. The van der Waals surface area contributed by atoms with E-state index in [0.29, 0.717) is 41.0 Å². The van der Waals surface area contributed by atoms with Crippen LogP contribution >= 0.6 is 11.6 Å². The van der Waals surface area contributed by atoms with Crippen molar-refractivity contribution in [3.8, 4) is 28.5 Å². The van der Waals surface area contributed by atoms with E-state index in [4.69, 9.17) is 21.1 Å². The van der Waals surface area contributed by atoms with Crippen LogP contribution in [0.3, 0.4) is 0 Å². The topological polar surface area (TPSA) is 109 Å². The van der Waals surface area contributed by atoms with E-state index in [1.54, 1.807) is 24.3 Å². The Balaban J connectivity index is 1.34. The van der Waals surface area contributed by atoms with E-state index in [9.17, 15) is 9.90 Å². The number of halogens is 1. The summed E-state index contributed by atoms with van der Waals surface area (Å²) in [5.41, 5.74) is 5.51. The van der Waals surface area contributed by atoms with E-state index in [1.165, 1.54) is 6.21 Å². The van der Waals surface area contributed by atoms with Crippen molar-refractivity contribution in [2.75, 3.05) is 6.61 Å². The average Bonchev–Trinajstić information content (AvgIpc) is 3.37. The first kappa shape index (κ1) is 23.8. The van der Waals surface area contributed by atoms with Crippen molar-refractivity contribution in [2.45, 2.75) is 13.5 Å². The molecule has 178 valence electrons. The number of para-hydroxylation sites is 1. The number of rotatable bonds is 9. The van der Waals surface area contributed by atoms with Crippen molar-refractivity contribution in [1.29, 1.82) is 0 Å². The van der Waals surface area contributed by atoms with Gasteiger partial charge in [0.25, 0.3) is 5.91 Å². The van der Waals surface area contributed by atoms with Crippen molar-refractivity contribution in [3.63, 3.8) is 0 Å². The number of amides is 1. The third-order valence-corrected chi connectivity index (χ3v) is 5.24. The monoisotopic (exact) mass is 490 g/mol. The summed E-state index contributed by atoms with van der Waals surface area (Å²) in [4.78, 5) is 12.4. The lowest BCUT2D eigenvalue weighted by molar-refractivity contribution is 0.0950. The van der Waals surface area contributed by atoms with E-state index in [2.05, 4.69) is 20.7 Å². The maximum Gasteiger partial charge on any atom is 0.289 e. The van der Waals surface area contributed by atoms with Crippen LogP contribution in [0.25, 0.3) is 11.3 Å². The van der Waals surface area contributed by atoms with Gasteiger partial charge in [0.15, 0.2) is 11.5 Å². The van der Waals surface area contributed by atoms with Crippen molar-refractivity contribution in [3.05, 3.63) is 94.6 Å². The predicted molar refractivity (Wildman–Crippen MR) is 134 cm³/mol. The maximum atomic E-state index is 12.4. The number of hydrazone groups is 1. The molecule has 0 spiro atoms. The van der Waals surface area contributed by atoms with Gasteiger partial charge in [0.05, 0.1) is 18.5 Å². The number of carbonyl (C=O) groups excluding carboxylic acids is 1. The Kier molecular flexibility index (Phi) is 7.64. The lowest BCUT2D eigenvalue weighted by atomic mass is 10.1. The van der Waals surface area contributed by atoms with Gasteiger partial charge in [-0.15, -0.1) is 0 Å². The molecule has 0 radical (unpaired) electrons. The molecule has 9 heteroatoms. The molecule has 3 N–H and O–H groups in total. The zero-order chi connectivity index (χ0) is 24.6. The first-order valence-electron chi connectivity index (χ1n) is 10.8. The molecule has 35 heavy (non-hydrogen) atoms. The number of phenols is 1. The number of ether oxygens (including phenoxy) is 2. The van der Waals surface area contributed by atoms with Gasteiger partial charge < -0.3 is 14.6 Å². The van der Waals surface area contributed by atoms with E-state index < -0.39 is 5.91 Å². The zero-order valence-electron chi connectivity index (χ0n) is 18.9. The lowest BCUT2D eigenvalue weighted by Gasteiger charge is -2.07.